The van der Waals surface area contributed by atoms with Gasteiger partial charge in [-0.1, -0.05) is 35.3 Å². The maximum atomic E-state index is 8.78. The minimum absolute atomic E-state index is 0.0902. The van der Waals surface area contributed by atoms with E-state index in [9.17, 15) is 0 Å². The quantitative estimate of drug-likeness (QED) is 0.678. The summed E-state index contributed by atoms with van der Waals surface area (Å²) in [6, 6.07) is 10.9. The molecule has 3 heterocycles. The Hall–Kier alpha value is -1.91. The Morgan fingerprint density at radius 1 is 1.35 bits per heavy atom. The molecule has 2 aromatic heterocycles. The Morgan fingerprint density at radius 2 is 2.27 bits per heavy atom. The zero-order valence-electron chi connectivity index (χ0n) is 14.4. The van der Waals surface area contributed by atoms with Crippen molar-refractivity contribution in [2.75, 3.05) is 24.6 Å². The van der Waals surface area contributed by atoms with Crippen LogP contribution in [0.25, 0.3) is 10.2 Å². The number of thiophene rings is 1. The van der Waals surface area contributed by atoms with Crippen LogP contribution in [0.1, 0.15) is 23.3 Å². The van der Waals surface area contributed by atoms with Gasteiger partial charge in [0.25, 0.3) is 0 Å². The lowest BCUT2D eigenvalue weighted by molar-refractivity contribution is 0.350. The summed E-state index contributed by atoms with van der Waals surface area (Å²) in [5.41, 5.74) is 2.08. The molecule has 1 aromatic carbocycles. The standard InChI is InChI=1S/C20H21N3OS2/c24-10-4-5-15-11-17(25-14-15)12-21-16-6-3-9-23(13-16)20-22-18-7-1-2-8-19(18)26-20/h1-2,7-8,11,14,16,21,24H,3,6,9-10,12-13H2/t16-/m1/s1. The zero-order chi connectivity index (χ0) is 17.8. The molecule has 1 saturated heterocycles. The van der Waals surface area contributed by atoms with Crippen molar-refractivity contribution < 1.29 is 5.11 Å². The fourth-order valence-corrected chi connectivity index (χ4v) is 5.01. The van der Waals surface area contributed by atoms with E-state index in [2.05, 4.69) is 46.3 Å². The van der Waals surface area contributed by atoms with Gasteiger partial charge in [-0.15, -0.1) is 11.3 Å². The molecule has 0 aliphatic carbocycles. The van der Waals surface area contributed by atoms with Gasteiger partial charge >= 0.3 is 0 Å². The molecular formula is C20H21N3OS2. The van der Waals surface area contributed by atoms with Crippen LogP contribution in [0.4, 0.5) is 5.13 Å². The molecule has 134 valence electrons. The number of benzene rings is 1. The molecule has 0 radical (unpaired) electrons. The van der Waals surface area contributed by atoms with Crippen LogP contribution in [0.3, 0.4) is 0 Å². The summed E-state index contributed by atoms with van der Waals surface area (Å²) in [7, 11) is 0. The normalized spacial score (nSPS) is 17.3. The number of aromatic nitrogens is 1. The van der Waals surface area contributed by atoms with Crippen LogP contribution < -0.4 is 10.2 Å². The van der Waals surface area contributed by atoms with Gasteiger partial charge < -0.3 is 15.3 Å². The number of hydrogen-bond donors (Lipinski definition) is 2. The number of piperidine rings is 1. The predicted octanol–water partition coefficient (Wildman–Crippen LogP) is 3.46. The van der Waals surface area contributed by atoms with E-state index >= 15 is 0 Å². The van der Waals surface area contributed by atoms with Crippen molar-refractivity contribution >= 4 is 38.0 Å². The molecule has 4 rings (SSSR count). The van der Waals surface area contributed by atoms with E-state index in [1.54, 1.807) is 22.7 Å². The van der Waals surface area contributed by atoms with E-state index in [0.717, 1.165) is 35.8 Å². The highest BCUT2D eigenvalue weighted by molar-refractivity contribution is 7.22. The number of rotatable bonds is 4. The highest BCUT2D eigenvalue weighted by Crippen LogP contribution is 2.30. The van der Waals surface area contributed by atoms with Gasteiger partial charge in [0.15, 0.2) is 5.13 Å². The first kappa shape index (κ1) is 17.5. The summed E-state index contributed by atoms with van der Waals surface area (Å²) in [6.07, 6.45) is 2.38. The number of thiazole rings is 1. The maximum Gasteiger partial charge on any atom is 0.186 e. The average Bonchev–Trinajstić information content (AvgIpc) is 3.31. The van der Waals surface area contributed by atoms with Gasteiger partial charge in [0.2, 0.25) is 0 Å². The summed E-state index contributed by atoms with van der Waals surface area (Å²) in [5.74, 6) is 5.66. The summed E-state index contributed by atoms with van der Waals surface area (Å²) in [5, 5.41) is 15.7. The van der Waals surface area contributed by atoms with Crippen molar-refractivity contribution in [2.24, 2.45) is 0 Å². The molecule has 4 nitrogen and oxygen atoms in total. The third kappa shape index (κ3) is 4.08. The molecule has 26 heavy (non-hydrogen) atoms. The maximum absolute atomic E-state index is 8.78. The van der Waals surface area contributed by atoms with Gasteiger partial charge in [-0.2, -0.15) is 0 Å². The van der Waals surface area contributed by atoms with E-state index in [4.69, 9.17) is 10.1 Å². The number of aliphatic hydroxyl groups excluding tert-OH is 1. The van der Waals surface area contributed by atoms with Crippen LogP contribution in [0.2, 0.25) is 0 Å². The van der Waals surface area contributed by atoms with Crippen molar-refractivity contribution in [2.45, 2.75) is 25.4 Å². The third-order valence-corrected chi connectivity index (χ3v) is 6.54. The third-order valence-electron chi connectivity index (χ3n) is 4.51. The lowest BCUT2D eigenvalue weighted by atomic mass is 10.1. The van der Waals surface area contributed by atoms with Crippen molar-refractivity contribution in [1.82, 2.24) is 10.3 Å². The number of hydrogen-bond acceptors (Lipinski definition) is 6. The first-order chi connectivity index (χ1) is 12.8. The number of para-hydroxylation sites is 1. The molecule has 1 aliphatic rings. The SMILES string of the molecule is OCC#Cc1csc(CN[C@@H]2CCCN(c3nc4ccccc4s3)C2)c1. The lowest BCUT2D eigenvalue weighted by Gasteiger charge is -2.33. The Morgan fingerprint density at radius 3 is 3.15 bits per heavy atom. The number of anilines is 1. The van der Waals surface area contributed by atoms with Gasteiger partial charge in [-0.05, 0) is 31.0 Å². The molecule has 0 spiro atoms. The van der Waals surface area contributed by atoms with E-state index in [-0.39, 0.29) is 6.61 Å². The van der Waals surface area contributed by atoms with Crippen molar-refractivity contribution in [3.8, 4) is 11.8 Å². The second-order valence-electron chi connectivity index (χ2n) is 6.39. The topological polar surface area (TPSA) is 48.4 Å². The van der Waals surface area contributed by atoms with Gasteiger partial charge in [0, 0.05) is 41.5 Å². The number of nitrogens with zero attached hydrogens (tertiary/aromatic N) is 2. The second-order valence-corrected chi connectivity index (χ2v) is 8.40. The summed E-state index contributed by atoms with van der Waals surface area (Å²) in [6.45, 7) is 2.86. The van der Waals surface area contributed by atoms with E-state index < -0.39 is 0 Å². The summed E-state index contributed by atoms with van der Waals surface area (Å²) < 4.78 is 1.26. The van der Waals surface area contributed by atoms with Crippen molar-refractivity contribution in [1.29, 1.82) is 0 Å². The first-order valence-electron chi connectivity index (χ1n) is 8.83. The minimum atomic E-state index is -0.0902. The first-order valence-corrected chi connectivity index (χ1v) is 10.5. The van der Waals surface area contributed by atoms with Gasteiger partial charge in [0.05, 0.1) is 10.2 Å². The predicted molar refractivity (Wildman–Crippen MR) is 110 cm³/mol. The molecule has 0 saturated carbocycles. The van der Waals surface area contributed by atoms with Crippen LogP contribution >= 0.6 is 22.7 Å². The van der Waals surface area contributed by atoms with Crippen molar-refractivity contribution in [3.05, 3.63) is 46.2 Å². The zero-order valence-corrected chi connectivity index (χ0v) is 16.1. The average molecular weight is 384 g/mol. The number of aliphatic hydroxyl groups is 1. The fraction of sp³-hybridized carbons (Fsp3) is 0.350. The Kier molecular flexibility index (Phi) is 5.51. The highest BCUT2D eigenvalue weighted by Gasteiger charge is 2.22. The van der Waals surface area contributed by atoms with Gasteiger partial charge in [0.1, 0.15) is 6.61 Å². The molecule has 2 N–H and O–H groups in total. The lowest BCUT2D eigenvalue weighted by Crippen LogP contribution is -2.45. The molecule has 0 amide bonds. The molecule has 3 aromatic rings. The summed E-state index contributed by atoms with van der Waals surface area (Å²) in [4.78, 5) is 8.50. The number of fused-ring (bicyclic) bond motifs is 1. The molecule has 1 atom stereocenters. The van der Waals surface area contributed by atoms with E-state index in [0.29, 0.717) is 6.04 Å². The van der Waals surface area contributed by atoms with Crippen LogP contribution in [0, 0.1) is 11.8 Å². The van der Waals surface area contributed by atoms with Gasteiger partial charge in [-0.25, -0.2) is 4.98 Å². The van der Waals surface area contributed by atoms with Crippen LogP contribution in [-0.4, -0.2) is 35.8 Å². The minimum Gasteiger partial charge on any atom is -0.384 e. The Labute approximate surface area is 161 Å². The fourth-order valence-electron chi connectivity index (χ4n) is 3.24. The largest absolute Gasteiger partial charge is 0.384 e. The van der Waals surface area contributed by atoms with Crippen LogP contribution in [-0.2, 0) is 6.54 Å². The Balaban J connectivity index is 1.37. The molecule has 0 unspecified atom stereocenters. The highest BCUT2D eigenvalue weighted by atomic mass is 32.1. The van der Waals surface area contributed by atoms with Crippen LogP contribution in [0.5, 0.6) is 0 Å². The molecule has 1 aliphatic heterocycles. The Bertz CT molecular complexity index is 904. The number of nitrogens with one attached hydrogen (secondary N) is 1. The molecule has 6 heteroatoms. The smallest absolute Gasteiger partial charge is 0.186 e. The second kappa shape index (κ2) is 8.19. The van der Waals surface area contributed by atoms with E-state index in [1.165, 1.54) is 22.4 Å². The molecular weight excluding hydrogens is 362 g/mol. The van der Waals surface area contributed by atoms with Gasteiger partial charge in [-0.3, -0.25) is 0 Å². The van der Waals surface area contributed by atoms with Crippen molar-refractivity contribution in [3.63, 3.8) is 0 Å². The monoisotopic (exact) mass is 383 g/mol. The van der Waals surface area contributed by atoms with E-state index in [1.807, 2.05) is 11.4 Å². The summed E-state index contributed by atoms with van der Waals surface area (Å²) >= 11 is 3.50. The van der Waals surface area contributed by atoms with Crippen LogP contribution in [0.15, 0.2) is 35.7 Å². The molecule has 0 bridgehead atoms. The molecule has 1 fully saturated rings.